The first-order valence-electron chi connectivity index (χ1n) is 9.91. The van der Waals surface area contributed by atoms with Gasteiger partial charge in [0.2, 0.25) is 0 Å². The third-order valence-electron chi connectivity index (χ3n) is 5.76. The molecule has 7 heteroatoms. The number of hydrogen-bond donors (Lipinski definition) is 1. The lowest BCUT2D eigenvalue weighted by molar-refractivity contribution is -0.0418. The molecule has 0 bridgehead atoms. The van der Waals surface area contributed by atoms with Crippen molar-refractivity contribution in [3.05, 3.63) is 65.4 Å². The van der Waals surface area contributed by atoms with Gasteiger partial charge in [-0.2, -0.15) is 0 Å². The molecule has 5 nitrogen and oxygen atoms in total. The second kappa shape index (κ2) is 8.07. The van der Waals surface area contributed by atoms with E-state index in [1.807, 2.05) is 0 Å². The fourth-order valence-electron chi connectivity index (χ4n) is 4.09. The molecule has 0 saturated heterocycles. The van der Waals surface area contributed by atoms with Crippen LogP contribution in [-0.4, -0.2) is 41.2 Å². The number of benzene rings is 2. The van der Waals surface area contributed by atoms with Crippen molar-refractivity contribution < 1.29 is 27.8 Å². The van der Waals surface area contributed by atoms with Gasteiger partial charge in [0.05, 0.1) is 6.04 Å². The van der Waals surface area contributed by atoms with E-state index >= 15 is 0 Å². The first-order valence-corrected chi connectivity index (χ1v) is 9.91. The van der Waals surface area contributed by atoms with E-state index in [-0.39, 0.29) is 11.7 Å². The molecule has 0 radical (unpaired) electrons. The van der Waals surface area contributed by atoms with Crippen LogP contribution in [0.3, 0.4) is 0 Å². The van der Waals surface area contributed by atoms with Crippen LogP contribution in [0.25, 0.3) is 11.0 Å². The molecule has 1 saturated carbocycles. The summed E-state index contributed by atoms with van der Waals surface area (Å²) in [6.07, 6.45) is 0.424. The standard InChI is InChI=1S/C23H23F2NO4/c1-13-17-12-15(25)9-10-19(17)30-22(13)23(28)26(2)18-7-4-8-20(21(18)27)29-16-6-3-5-14(24)11-16/h3,5-6,9-12,18,20-21,27H,4,7-8H2,1-2H3/t18-,20-,21-/m1/s1. The maximum absolute atomic E-state index is 13.6. The molecule has 1 heterocycles. The fourth-order valence-corrected chi connectivity index (χ4v) is 4.09. The number of rotatable bonds is 4. The zero-order chi connectivity index (χ0) is 21.4. The summed E-state index contributed by atoms with van der Waals surface area (Å²) in [5.74, 6) is -0.751. The number of fused-ring (bicyclic) bond motifs is 1. The maximum atomic E-state index is 13.6. The number of ether oxygens (including phenoxy) is 1. The monoisotopic (exact) mass is 415 g/mol. The van der Waals surface area contributed by atoms with E-state index in [0.717, 1.165) is 6.42 Å². The molecule has 0 aliphatic heterocycles. The summed E-state index contributed by atoms with van der Waals surface area (Å²) in [5.41, 5.74) is 0.987. The number of carbonyl (C=O) groups is 1. The minimum Gasteiger partial charge on any atom is -0.488 e. The average Bonchev–Trinajstić information content (AvgIpc) is 3.04. The van der Waals surface area contributed by atoms with Gasteiger partial charge in [-0.1, -0.05) is 6.07 Å². The molecule has 1 aliphatic carbocycles. The lowest BCUT2D eigenvalue weighted by Gasteiger charge is -2.39. The van der Waals surface area contributed by atoms with Crippen LogP contribution in [0.5, 0.6) is 5.75 Å². The minimum absolute atomic E-state index is 0.124. The Morgan fingerprint density at radius 3 is 2.70 bits per heavy atom. The topological polar surface area (TPSA) is 62.9 Å². The maximum Gasteiger partial charge on any atom is 0.289 e. The van der Waals surface area contributed by atoms with Gasteiger partial charge in [-0.15, -0.1) is 0 Å². The molecular weight excluding hydrogens is 392 g/mol. The van der Waals surface area contributed by atoms with Gasteiger partial charge < -0.3 is 19.2 Å². The molecule has 4 rings (SSSR count). The van der Waals surface area contributed by atoms with Crippen LogP contribution in [0.2, 0.25) is 0 Å². The van der Waals surface area contributed by atoms with Gasteiger partial charge in [0, 0.05) is 24.1 Å². The highest BCUT2D eigenvalue weighted by molar-refractivity contribution is 5.99. The molecule has 3 atom stereocenters. The van der Waals surface area contributed by atoms with Gasteiger partial charge in [-0.25, -0.2) is 8.78 Å². The normalized spacial score (nSPS) is 21.6. The van der Waals surface area contributed by atoms with Crippen LogP contribution in [0.15, 0.2) is 46.9 Å². The Morgan fingerprint density at radius 2 is 1.93 bits per heavy atom. The Balaban J connectivity index is 1.54. The molecule has 1 amide bonds. The van der Waals surface area contributed by atoms with Gasteiger partial charge in [-0.3, -0.25) is 4.79 Å². The Kier molecular flexibility index (Phi) is 5.47. The molecule has 1 N–H and O–H groups in total. The first kappa shape index (κ1) is 20.3. The molecule has 158 valence electrons. The number of nitrogens with zero attached hydrogens (tertiary/aromatic N) is 1. The van der Waals surface area contributed by atoms with Crippen LogP contribution in [0, 0.1) is 18.6 Å². The number of carbonyl (C=O) groups excluding carboxylic acids is 1. The summed E-state index contributed by atoms with van der Waals surface area (Å²) < 4.78 is 38.5. The Morgan fingerprint density at radius 1 is 1.17 bits per heavy atom. The number of likely N-dealkylation sites (N-methyl/N-ethyl adjacent to an activating group) is 1. The summed E-state index contributed by atoms with van der Waals surface area (Å²) >= 11 is 0. The second-order valence-corrected chi connectivity index (χ2v) is 7.72. The predicted octanol–water partition coefficient (Wildman–Crippen LogP) is 4.45. The van der Waals surface area contributed by atoms with Gasteiger partial charge in [0.25, 0.3) is 5.91 Å². The number of aliphatic hydroxyl groups excluding tert-OH is 1. The highest BCUT2D eigenvalue weighted by Crippen LogP contribution is 2.31. The van der Waals surface area contributed by atoms with Crippen molar-refractivity contribution >= 4 is 16.9 Å². The Hall–Kier alpha value is -2.93. The van der Waals surface area contributed by atoms with E-state index < -0.39 is 29.9 Å². The van der Waals surface area contributed by atoms with Crippen molar-refractivity contribution in [2.24, 2.45) is 0 Å². The average molecular weight is 415 g/mol. The highest BCUT2D eigenvalue weighted by atomic mass is 19.1. The predicted molar refractivity (Wildman–Crippen MR) is 107 cm³/mol. The molecule has 0 unspecified atom stereocenters. The molecule has 1 aliphatic rings. The van der Waals surface area contributed by atoms with E-state index in [4.69, 9.17) is 9.15 Å². The van der Waals surface area contributed by atoms with Crippen molar-refractivity contribution in [2.45, 2.75) is 44.4 Å². The number of aryl methyl sites for hydroxylation is 1. The van der Waals surface area contributed by atoms with Crippen LogP contribution in [-0.2, 0) is 0 Å². The summed E-state index contributed by atoms with van der Waals surface area (Å²) in [7, 11) is 1.61. The van der Waals surface area contributed by atoms with E-state index in [2.05, 4.69) is 0 Å². The molecule has 1 fully saturated rings. The third kappa shape index (κ3) is 3.77. The van der Waals surface area contributed by atoms with Crippen molar-refractivity contribution in [3.8, 4) is 5.75 Å². The molecule has 2 aromatic carbocycles. The second-order valence-electron chi connectivity index (χ2n) is 7.72. The summed E-state index contributed by atoms with van der Waals surface area (Å²) in [5, 5.41) is 11.4. The lowest BCUT2D eigenvalue weighted by atomic mass is 9.88. The van der Waals surface area contributed by atoms with Crippen molar-refractivity contribution in [1.29, 1.82) is 0 Å². The number of aliphatic hydroxyl groups is 1. The summed E-state index contributed by atoms with van der Waals surface area (Å²) in [4.78, 5) is 14.6. The first-order chi connectivity index (χ1) is 14.3. The quantitative estimate of drug-likeness (QED) is 0.684. The third-order valence-corrected chi connectivity index (χ3v) is 5.76. The van der Waals surface area contributed by atoms with E-state index in [0.29, 0.717) is 35.1 Å². The zero-order valence-electron chi connectivity index (χ0n) is 16.8. The van der Waals surface area contributed by atoms with Gasteiger partial charge in [0.15, 0.2) is 5.76 Å². The largest absolute Gasteiger partial charge is 0.488 e. The summed E-state index contributed by atoms with van der Waals surface area (Å²) in [6.45, 7) is 1.71. The van der Waals surface area contributed by atoms with E-state index in [9.17, 15) is 18.7 Å². The summed E-state index contributed by atoms with van der Waals surface area (Å²) in [6, 6.07) is 9.38. The van der Waals surface area contributed by atoms with Crippen molar-refractivity contribution in [1.82, 2.24) is 4.90 Å². The van der Waals surface area contributed by atoms with Crippen LogP contribution < -0.4 is 4.74 Å². The van der Waals surface area contributed by atoms with E-state index in [1.54, 1.807) is 26.1 Å². The molecule has 0 spiro atoms. The molecule has 1 aromatic heterocycles. The van der Waals surface area contributed by atoms with E-state index in [1.165, 1.54) is 35.2 Å². The van der Waals surface area contributed by atoms with Crippen molar-refractivity contribution in [3.63, 3.8) is 0 Å². The van der Waals surface area contributed by atoms with Gasteiger partial charge in [-0.05, 0) is 56.5 Å². The number of hydrogen-bond acceptors (Lipinski definition) is 4. The smallest absolute Gasteiger partial charge is 0.289 e. The van der Waals surface area contributed by atoms with Crippen LogP contribution in [0.1, 0.15) is 35.4 Å². The fraction of sp³-hybridized carbons (Fsp3) is 0.348. The Bertz CT molecular complexity index is 1080. The SMILES string of the molecule is Cc1c(C(=O)N(C)[C@@H]2CCC[C@@H](Oc3cccc(F)c3)[C@@H]2O)oc2ccc(F)cc12. The minimum atomic E-state index is -0.946. The number of halogens is 2. The molecular formula is C23H23F2NO4. The Labute approximate surface area is 172 Å². The number of furan rings is 1. The highest BCUT2D eigenvalue weighted by Gasteiger charge is 2.38. The lowest BCUT2D eigenvalue weighted by Crippen LogP contribution is -2.53. The van der Waals surface area contributed by atoms with Crippen LogP contribution in [0.4, 0.5) is 8.78 Å². The zero-order valence-corrected chi connectivity index (χ0v) is 16.8. The van der Waals surface area contributed by atoms with Gasteiger partial charge >= 0.3 is 0 Å². The number of amides is 1. The van der Waals surface area contributed by atoms with Gasteiger partial charge in [0.1, 0.15) is 35.2 Å². The van der Waals surface area contributed by atoms with Crippen molar-refractivity contribution in [2.75, 3.05) is 7.05 Å². The molecule has 3 aromatic rings. The molecule has 30 heavy (non-hydrogen) atoms. The van der Waals surface area contributed by atoms with Crippen LogP contribution >= 0.6 is 0 Å².